The van der Waals surface area contributed by atoms with Crippen LogP contribution in [-0.2, 0) is 33.2 Å². The number of rotatable bonds is 10. The number of nitrogens with zero attached hydrogens (tertiary/aromatic N) is 2. The van der Waals surface area contributed by atoms with E-state index in [0.29, 0.717) is 21.1 Å². The molecular formula is C28H35N3O7S. The van der Waals surface area contributed by atoms with Crippen LogP contribution in [0.3, 0.4) is 0 Å². The molecule has 10 nitrogen and oxygen atoms in total. The minimum absolute atomic E-state index is 0.00193. The van der Waals surface area contributed by atoms with Crippen molar-refractivity contribution < 1.29 is 32.2 Å². The molecule has 210 valence electrons. The van der Waals surface area contributed by atoms with Crippen molar-refractivity contribution in [3.63, 3.8) is 0 Å². The lowest BCUT2D eigenvalue weighted by Gasteiger charge is -2.31. The second kappa shape index (κ2) is 12.5. The van der Waals surface area contributed by atoms with Crippen LogP contribution in [-0.4, -0.2) is 68.5 Å². The Balaban J connectivity index is 1.54. The van der Waals surface area contributed by atoms with Crippen LogP contribution in [0.15, 0.2) is 54.6 Å². The fourth-order valence-electron chi connectivity index (χ4n) is 5.04. The number of aromatic nitrogens is 1. The van der Waals surface area contributed by atoms with Crippen LogP contribution in [0, 0.1) is 5.92 Å². The van der Waals surface area contributed by atoms with Crippen LogP contribution in [0.4, 0.5) is 4.79 Å². The Kier molecular flexibility index (Phi) is 9.13. The van der Waals surface area contributed by atoms with E-state index in [9.17, 15) is 18.0 Å². The van der Waals surface area contributed by atoms with Gasteiger partial charge in [0, 0.05) is 25.4 Å². The lowest BCUT2D eigenvalue weighted by molar-refractivity contribution is 0.00456. The van der Waals surface area contributed by atoms with Crippen molar-refractivity contribution in [2.75, 3.05) is 33.0 Å². The molecule has 0 aliphatic carbocycles. The molecule has 1 aliphatic heterocycles. The molecule has 1 amide bonds. The lowest BCUT2D eigenvalue weighted by Crippen LogP contribution is -2.42. The van der Waals surface area contributed by atoms with Crippen LogP contribution >= 0.6 is 0 Å². The van der Waals surface area contributed by atoms with Gasteiger partial charge in [0.25, 0.3) is 0 Å². The highest BCUT2D eigenvalue weighted by Crippen LogP contribution is 2.33. The molecule has 1 fully saturated rings. The van der Waals surface area contributed by atoms with Crippen LogP contribution in [0.1, 0.15) is 35.2 Å². The standard InChI is InChI=1S/C28H35N3O7S/c1-30-23-12-8-7-11-22(23)25(26(30)36-2)27(32)38-24(21-13-16-29-17-14-21)15-18-31(39(3,34)35)28(33)37-19-20-9-5-4-6-10-20/h4-12,21,24,29H,13-19H2,1-3H3. The van der Waals surface area contributed by atoms with Gasteiger partial charge in [-0.15, -0.1) is 0 Å². The molecular weight excluding hydrogens is 522 g/mol. The summed E-state index contributed by atoms with van der Waals surface area (Å²) < 4.78 is 44.5. The average molecular weight is 558 g/mol. The number of aryl methyl sites for hydroxylation is 1. The number of hydrogen-bond acceptors (Lipinski definition) is 8. The van der Waals surface area contributed by atoms with Crippen molar-refractivity contribution in [1.29, 1.82) is 0 Å². The summed E-state index contributed by atoms with van der Waals surface area (Å²) >= 11 is 0. The monoisotopic (exact) mass is 557 g/mol. The van der Waals surface area contributed by atoms with Crippen LogP contribution in [0.5, 0.6) is 5.88 Å². The predicted molar refractivity (Wildman–Crippen MR) is 147 cm³/mol. The number of ether oxygens (including phenoxy) is 3. The molecule has 11 heteroatoms. The zero-order valence-corrected chi connectivity index (χ0v) is 23.3. The molecule has 1 atom stereocenters. The van der Waals surface area contributed by atoms with Gasteiger partial charge < -0.3 is 24.1 Å². The van der Waals surface area contributed by atoms with E-state index in [0.717, 1.165) is 43.3 Å². The number of benzene rings is 2. The fourth-order valence-corrected chi connectivity index (χ4v) is 5.80. The topological polar surface area (TPSA) is 116 Å². The van der Waals surface area contributed by atoms with Gasteiger partial charge in [-0.2, -0.15) is 0 Å². The van der Waals surface area contributed by atoms with Crippen molar-refractivity contribution in [2.45, 2.75) is 32.0 Å². The van der Waals surface area contributed by atoms with Crippen molar-refractivity contribution in [3.8, 4) is 5.88 Å². The van der Waals surface area contributed by atoms with Gasteiger partial charge >= 0.3 is 12.1 Å². The third-order valence-corrected chi connectivity index (χ3v) is 8.18. The van der Waals surface area contributed by atoms with Gasteiger partial charge in [-0.3, -0.25) is 0 Å². The largest absolute Gasteiger partial charge is 0.482 e. The molecule has 1 saturated heterocycles. The van der Waals surface area contributed by atoms with Gasteiger partial charge in [-0.05, 0) is 43.5 Å². The smallest absolute Gasteiger partial charge is 0.423 e. The molecule has 1 aromatic heterocycles. The second-order valence-electron chi connectivity index (χ2n) is 9.66. The van der Waals surface area contributed by atoms with Gasteiger partial charge in [0.2, 0.25) is 15.9 Å². The number of amides is 1. The van der Waals surface area contributed by atoms with E-state index in [4.69, 9.17) is 14.2 Å². The maximum Gasteiger partial charge on any atom is 0.423 e. The average Bonchev–Trinajstić information content (AvgIpc) is 3.23. The maximum absolute atomic E-state index is 13.6. The zero-order chi connectivity index (χ0) is 28.0. The fraction of sp³-hybridized carbons (Fsp3) is 0.429. The minimum atomic E-state index is -3.93. The Morgan fingerprint density at radius 3 is 2.41 bits per heavy atom. The summed E-state index contributed by atoms with van der Waals surface area (Å²) in [5, 5.41) is 4.00. The van der Waals surface area contributed by atoms with E-state index in [1.165, 1.54) is 7.11 Å². The number of piperidine rings is 1. The van der Waals surface area contributed by atoms with Crippen LogP contribution in [0.2, 0.25) is 0 Å². The first kappa shape index (κ1) is 28.4. The highest BCUT2D eigenvalue weighted by molar-refractivity contribution is 7.88. The number of carbonyl (C=O) groups is 2. The molecule has 0 bridgehead atoms. The lowest BCUT2D eigenvalue weighted by atomic mass is 9.90. The number of para-hydroxylation sites is 1. The van der Waals surface area contributed by atoms with E-state index in [1.807, 2.05) is 37.4 Å². The van der Waals surface area contributed by atoms with E-state index in [1.54, 1.807) is 28.8 Å². The second-order valence-corrected chi connectivity index (χ2v) is 11.6. The number of esters is 1. The molecule has 1 N–H and O–H groups in total. The Labute approximate surface area is 228 Å². The Morgan fingerprint density at radius 2 is 1.74 bits per heavy atom. The summed E-state index contributed by atoms with van der Waals surface area (Å²) in [6, 6.07) is 16.5. The summed E-state index contributed by atoms with van der Waals surface area (Å²) in [4.78, 5) is 26.4. The quantitative estimate of drug-likeness (QED) is 0.375. The molecule has 0 saturated carbocycles. The molecule has 2 aromatic carbocycles. The van der Waals surface area contributed by atoms with Gasteiger partial charge in [-0.25, -0.2) is 22.3 Å². The third kappa shape index (κ3) is 6.72. The molecule has 39 heavy (non-hydrogen) atoms. The van der Waals surface area contributed by atoms with Crippen molar-refractivity contribution in [2.24, 2.45) is 13.0 Å². The first-order valence-corrected chi connectivity index (χ1v) is 14.8. The van der Waals surface area contributed by atoms with Crippen LogP contribution in [0.25, 0.3) is 10.9 Å². The van der Waals surface area contributed by atoms with Gasteiger partial charge in [0.15, 0.2) is 0 Å². The van der Waals surface area contributed by atoms with E-state index < -0.39 is 28.2 Å². The van der Waals surface area contributed by atoms with Gasteiger partial charge in [0.05, 0.1) is 18.9 Å². The molecule has 1 aliphatic rings. The Bertz CT molecular complexity index is 1400. The highest BCUT2D eigenvalue weighted by atomic mass is 32.2. The van der Waals surface area contributed by atoms with E-state index >= 15 is 0 Å². The maximum atomic E-state index is 13.6. The number of carbonyl (C=O) groups excluding carboxylic acids is 2. The minimum Gasteiger partial charge on any atom is -0.482 e. The summed E-state index contributed by atoms with van der Waals surface area (Å²) in [6.07, 6.45) is 1.02. The highest BCUT2D eigenvalue weighted by Gasteiger charge is 2.33. The Hall–Kier alpha value is -3.57. The zero-order valence-electron chi connectivity index (χ0n) is 22.5. The Morgan fingerprint density at radius 1 is 1.08 bits per heavy atom. The number of methoxy groups -OCH3 is 1. The molecule has 1 unspecified atom stereocenters. The summed E-state index contributed by atoms with van der Waals surface area (Å²) in [7, 11) is -0.616. The summed E-state index contributed by atoms with van der Waals surface area (Å²) in [5.74, 6) is -0.171. The van der Waals surface area contributed by atoms with Crippen molar-refractivity contribution in [3.05, 3.63) is 65.7 Å². The van der Waals surface area contributed by atoms with Gasteiger partial charge in [0.1, 0.15) is 18.3 Å². The molecule has 2 heterocycles. The number of fused-ring (bicyclic) bond motifs is 1. The third-order valence-electron chi connectivity index (χ3n) is 7.04. The van der Waals surface area contributed by atoms with E-state index in [-0.39, 0.29) is 25.5 Å². The molecule has 0 radical (unpaired) electrons. The molecule has 4 rings (SSSR count). The summed E-state index contributed by atoms with van der Waals surface area (Å²) in [6.45, 7) is 1.27. The van der Waals surface area contributed by atoms with E-state index in [2.05, 4.69) is 5.32 Å². The first-order valence-electron chi connectivity index (χ1n) is 12.9. The van der Waals surface area contributed by atoms with Crippen molar-refractivity contribution >= 4 is 33.0 Å². The first-order chi connectivity index (χ1) is 18.7. The number of hydrogen-bond donors (Lipinski definition) is 1. The summed E-state index contributed by atoms with van der Waals surface area (Å²) in [5.41, 5.74) is 1.88. The molecule has 0 spiro atoms. The number of nitrogens with one attached hydrogen (secondary N) is 1. The normalized spacial score (nSPS) is 15.1. The van der Waals surface area contributed by atoms with Crippen molar-refractivity contribution in [1.82, 2.24) is 14.2 Å². The number of sulfonamides is 1. The van der Waals surface area contributed by atoms with Crippen LogP contribution < -0.4 is 10.1 Å². The van der Waals surface area contributed by atoms with Gasteiger partial charge in [-0.1, -0.05) is 48.5 Å². The predicted octanol–water partition coefficient (Wildman–Crippen LogP) is 3.70. The SMILES string of the molecule is COc1c(C(=O)OC(CCN(C(=O)OCc2ccccc2)S(C)(=O)=O)C2CCNCC2)c2ccccc2n1C. The molecule has 3 aromatic rings.